The minimum absolute atomic E-state index is 0.0127. The van der Waals surface area contributed by atoms with Gasteiger partial charge in [0.05, 0.1) is 5.69 Å². The molecule has 0 bridgehead atoms. The average molecular weight is 360 g/mol. The molecule has 3 aromatic rings. The number of rotatable bonds is 3. The molecule has 0 saturated heterocycles. The number of nitrogens with one attached hydrogen (secondary N) is 1. The summed E-state index contributed by atoms with van der Waals surface area (Å²) in [6.45, 7) is 0.186. The van der Waals surface area contributed by atoms with Gasteiger partial charge in [-0.25, -0.2) is 13.8 Å². The summed E-state index contributed by atoms with van der Waals surface area (Å²) in [6.07, 6.45) is 0. The molecule has 0 unspecified atom stereocenters. The Morgan fingerprint density at radius 1 is 1.08 bits per heavy atom. The molecule has 1 aliphatic rings. The van der Waals surface area contributed by atoms with Crippen molar-refractivity contribution >= 4 is 22.4 Å². The molecule has 1 aromatic heterocycles. The average Bonchev–Trinajstić information content (AvgIpc) is 3.25. The van der Waals surface area contributed by atoms with Crippen molar-refractivity contribution in [1.82, 2.24) is 4.98 Å². The molecule has 1 aliphatic heterocycles. The van der Waals surface area contributed by atoms with Crippen LogP contribution in [0.4, 0.5) is 13.9 Å². The molecule has 0 spiro atoms. The molecular formula is C17H10F2N2O3S. The summed E-state index contributed by atoms with van der Waals surface area (Å²) < 4.78 is 36.7. The first kappa shape index (κ1) is 15.5. The van der Waals surface area contributed by atoms with E-state index in [0.29, 0.717) is 22.3 Å². The van der Waals surface area contributed by atoms with Crippen LogP contribution < -0.4 is 14.8 Å². The summed E-state index contributed by atoms with van der Waals surface area (Å²) in [4.78, 5) is 16.4. The first-order chi connectivity index (χ1) is 12.1. The maximum atomic E-state index is 13.2. The van der Waals surface area contributed by atoms with Crippen molar-refractivity contribution in [3.05, 3.63) is 59.0 Å². The van der Waals surface area contributed by atoms with Gasteiger partial charge in [0.15, 0.2) is 28.3 Å². The molecule has 25 heavy (non-hydrogen) atoms. The minimum atomic E-state index is -1.08. The highest BCUT2D eigenvalue weighted by Crippen LogP contribution is 2.36. The second-order valence-electron chi connectivity index (χ2n) is 5.19. The maximum Gasteiger partial charge on any atom is 0.257 e. The van der Waals surface area contributed by atoms with Gasteiger partial charge in [0.25, 0.3) is 5.91 Å². The van der Waals surface area contributed by atoms with Crippen molar-refractivity contribution in [2.24, 2.45) is 0 Å². The van der Waals surface area contributed by atoms with E-state index in [0.717, 1.165) is 17.7 Å². The molecule has 1 amide bonds. The van der Waals surface area contributed by atoms with E-state index in [9.17, 15) is 13.6 Å². The predicted molar refractivity (Wildman–Crippen MR) is 88.0 cm³/mol. The van der Waals surface area contributed by atoms with E-state index in [1.54, 1.807) is 17.5 Å². The first-order valence-corrected chi connectivity index (χ1v) is 8.10. The second kappa shape index (κ2) is 6.14. The highest BCUT2D eigenvalue weighted by molar-refractivity contribution is 7.14. The van der Waals surface area contributed by atoms with E-state index in [1.165, 1.54) is 17.4 Å². The Kier molecular flexibility index (Phi) is 3.81. The molecule has 1 N–H and O–H groups in total. The zero-order chi connectivity index (χ0) is 17.4. The SMILES string of the molecule is O=C(Nc1nc(-c2ccc3c(c2)OCO3)cs1)c1ccc(F)c(F)c1. The van der Waals surface area contributed by atoms with Gasteiger partial charge in [-0.2, -0.15) is 0 Å². The molecule has 0 saturated carbocycles. The molecule has 0 fully saturated rings. The summed E-state index contributed by atoms with van der Waals surface area (Å²) in [6, 6.07) is 8.39. The van der Waals surface area contributed by atoms with Crippen LogP contribution in [0.5, 0.6) is 11.5 Å². The van der Waals surface area contributed by atoms with Gasteiger partial charge in [-0.3, -0.25) is 10.1 Å². The van der Waals surface area contributed by atoms with Crippen LogP contribution in [0.1, 0.15) is 10.4 Å². The number of aromatic nitrogens is 1. The Hall–Kier alpha value is -3.00. The van der Waals surface area contributed by atoms with Crippen LogP contribution in [-0.2, 0) is 0 Å². The van der Waals surface area contributed by atoms with Gasteiger partial charge in [0.1, 0.15) is 0 Å². The molecular weight excluding hydrogens is 350 g/mol. The van der Waals surface area contributed by atoms with Gasteiger partial charge >= 0.3 is 0 Å². The van der Waals surface area contributed by atoms with Crippen molar-refractivity contribution in [2.75, 3.05) is 12.1 Å². The van der Waals surface area contributed by atoms with Gasteiger partial charge in [-0.05, 0) is 36.4 Å². The van der Waals surface area contributed by atoms with Gasteiger partial charge in [-0.15, -0.1) is 11.3 Å². The molecule has 0 aliphatic carbocycles. The number of thiazole rings is 1. The number of amides is 1. The predicted octanol–water partition coefficient (Wildman–Crippen LogP) is 4.07. The first-order valence-electron chi connectivity index (χ1n) is 7.22. The number of fused-ring (bicyclic) bond motifs is 1. The molecule has 4 rings (SSSR count). The van der Waals surface area contributed by atoms with E-state index in [-0.39, 0.29) is 12.4 Å². The van der Waals surface area contributed by atoms with E-state index in [4.69, 9.17) is 9.47 Å². The Morgan fingerprint density at radius 3 is 2.76 bits per heavy atom. The number of carbonyl (C=O) groups excluding carboxylic acids is 1. The van der Waals surface area contributed by atoms with Crippen LogP contribution in [0.15, 0.2) is 41.8 Å². The standard InChI is InChI=1S/C17H10F2N2O3S/c18-11-3-1-10(5-12(11)19)16(22)21-17-20-13(7-25-17)9-2-4-14-15(6-9)24-8-23-14/h1-7H,8H2,(H,20,21,22). The fourth-order valence-corrected chi connectivity index (χ4v) is 3.04. The summed E-state index contributed by atoms with van der Waals surface area (Å²) in [5.74, 6) is -1.34. The number of benzene rings is 2. The van der Waals surface area contributed by atoms with Crippen LogP contribution in [0.2, 0.25) is 0 Å². The normalized spacial score (nSPS) is 12.2. The largest absolute Gasteiger partial charge is 0.454 e. The van der Waals surface area contributed by atoms with Crippen molar-refractivity contribution in [1.29, 1.82) is 0 Å². The lowest BCUT2D eigenvalue weighted by Crippen LogP contribution is -2.12. The lowest BCUT2D eigenvalue weighted by molar-refractivity contribution is 0.102. The molecule has 0 atom stereocenters. The van der Waals surface area contributed by atoms with E-state index in [2.05, 4.69) is 10.3 Å². The number of ether oxygens (including phenoxy) is 2. The number of anilines is 1. The summed E-state index contributed by atoms with van der Waals surface area (Å²) in [5, 5.41) is 4.70. The molecule has 8 heteroatoms. The smallest absolute Gasteiger partial charge is 0.257 e. The van der Waals surface area contributed by atoms with E-state index >= 15 is 0 Å². The monoisotopic (exact) mass is 360 g/mol. The summed E-state index contributed by atoms with van der Waals surface area (Å²) >= 11 is 1.23. The van der Waals surface area contributed by atoms with Crippen LogP contribution in [-0.4, -0.2) is 17.7 Å². The fourth-order valence-electron chi connectivity index (χ4n) is 2.33. The van der Waals surface area contributed by atoms with Crippen LogP contribution in [0.3, 0.4) is 0 Å². The lowest BCUT2D eigenvalue weighted by Gasteiger charge is -2.02. The third-order valence-electron chi connectivity index (χ3n) is 3.57. The second-order valence-corrected chi connectivity index (χ2v) is 6.05. The molecule has 0 radical (unpaired) electrons. The lowest BCUT2D eigenvalue weighted by atomic mass is 10.1. The number of hydrogen-bond donors (Lipinski definition) is 1. The van der Waals surface area contributed by atoms with Crippen LogP contribution >= 0.6 is 11.3 Å². The fraction of sp³-hybridized carbons (Fsp3) is 0.0588. The minimum Gasteiger partial charge on any atom is -0.454 e. The third kappa shape index (κ3) is 3.03. The number of carbonyl (C=O) groups is 1. The third-order valence-corrected chi connectivity index (χ3v) is 4.33. The highest BCUT2D eigenvalue weighted by Gasteiger charge is 2.16. The maximum absolute atomic E-state index is 13.2. The Labute approximate surface area is 144 Å². The Morgan fingerprint density at radius 2 is 1.92 bits per heavy atom. The van der Waals surface area contributed by atoms with Crippen molar-refractivity contribution < 1.29 is 23.0 Å². The van der Waals surface area contributed by atoms with Crippen LogP contribution in [0, 0.1) is 11.6 Å². The topological polar surface area (TPSA) is 60.5 Å². The van der Waals surface area contributed by atoms with Gasteiger partial charge < -0.3 is 9.47 Å². The van der Waals surface area contributed by atoms with E-state index in [1.807, 2.05) is 6.07 Å². The zero-order valence-electron chi connectivity index (χ0n) is 12.6. The van der Waals surface area contributed by atoms with E-state index < -0.39 is 17.5 Å². The van der Waals surface area contributed by atoms with Gasteiger partial charge in [0.2, 0.25) is 6.79 Å². The Bertz CT molecular complexity index is 974. The van der Waals surface area contributed by atoms with Gasteiger partial charge in [-0.1, -0.05) is 0 Å². The number of halogens is 2. The highest BCUT2D eigenvalue weighted by atomic mass is 32.1. The molecule has 2 aromatic carbocycles. The number of nitrogens with zero attached hydrogens (tertiary/aromatic N) is 1. The van der Waals surface area contributed by atoms with Crippen molar-refractivity contribution in [3.63, 3.8) is 0 Å². The van der Waals surface area contributed by atoms with Crippen molar-refractivity contribution in [2.45, 2.75) is 0 Å². The van der Waals surface area contributed by atoms with Gasteiger partial charge in [0, 0.05) is 16.5 Å². The summed E-state index contributed by atoms with van der Waals surface area (Å²) in [5.41, 5.74) is 1.48. The molecule has 5 nitrogen and oxygen atoms in total. The van der Waals surface area contributed by atoms with Crippen molar-refractivity contribution in [3.8, 4) is 22.8 Å². The summed E-state index contributed by atoms with van der Waals surface area (Å²) in [7, 11) is 0. The Balaban J connectivity index is 1.53. The molecule has 2 heterocycles. The molecule has 126 valence electrons. The number of hydrogen-bond acceptors (Lipinski definition) is 5. The quantitative estimate of drug-likeness (QED) is 0.765. The zero-order valence-corrected chi connectivity index (χ0v) is 13.4. The van der Waals surface area contributed by atoms with Crippen LogP contribution in [0.25, 0.3) is 11.3 Å².